The number of carbonyl (C=O) groups excluding carboxylic acids is 1. The van der Waals surface area contributed by atoms with Crippen LogP contribution in [0.1, 0.15) is 32.1 Å². The molecule has 0 heterocycles. The fourth-order valence-electron chi connectivity index (χ4n) is 2.36. The van der Waals surface area contributed by atoms with Crippen molar-refractivity contribution in [3.05, 3.63) is 39.5 Å². The Labute approximate surface area is 130 Å². The van der Waals surface area contributed by atoms with E-state index < -0.39 is 27.0 Å². The molecule has 0 fully saturated rings. The summed E-state index contributed by atoms with van der Waals surface area (Å²) in [5.41, 5.74) is 0.540. The van der Waals surface area contributed by atoms with Crippen LogP contribution in [0.15, 0.2) is 39.5 Å². The second-order valence-electron chi connectivity index (χ2n) is 4.86. The molecule has 0 spiro atoms. The summed E-state index contributed by atoms with van der Waals surface area (Å²) in [6.45, 7) is 0. The number of ether oxygens (including phenoxy) is 1. The van der Waals surface area contributed by atoms with Gasteiger partial charge in [-0.1, -0.05) is 0 Å². The number of carbonyl (C=O) groups is 1. The molecule has 0 bridgehead atoms. The van der Waals surface area contributed by atoms with Crippen LogP contribution >= 0.6 is 0 Å². The van der Waals surface area contributed by atoms with Gasteiger partial charge in [-0.2, -0.15) is 0 Å². The molecule has 1 aromatic carbocycles. The molecule has 1 aromatic rings. The molecule has 108 valence electrons. The third-order valence-electron chi connectivity index (χ3n) is 3.40. The molecule has 0 saturated carbocycles. The van der Waals surface area contributed by atoms with Crippen molar-refractivity contribution < 1.29 is 14.6 Å². The molecule has 0 aromatic heterocycles. The molecule has 0 amide bonds. The van der Waals surface area contributed by atoms with Crippen molar-refractivity contribution in [3.8, 4) is 0 Å². The van der Waals surface area contributed by atoms with Gasteiger partial charge >= 0.3 is 130 Å². The molecule has 1 unspecified atom stereocenters. The zero-order chi connectivity index (χ0) is 14.4. The number of allylic oxidation sites excluding steroid dienone is 1. The molecule has 0 saturated heterocycles. The van der Waals surface area contributed by atoms with Gasteiger partial charge in [0.2, 0.25) is 0 Å². The standard InChI is InChI=1S/C16H20O3Te/c1-19-16(18)15-13(17)10-6-3-7-11-14(15)20-12-8-4-2-5-9-12/h2,4-5,8-9,13,17H,3,6-7,10-11H2,1H3/b15-14-. The maximum absolute atomic E-state index is 12.0. The molecule has 20 heavy (non-hydrogen) atoms. The summed E-state index contributed by atoms with van der Waals surface area (Å²) in [6, 6.07) is 10.3. The van der Waals surface area contributed by atoms with Gasteiger partial charge in [-0.15, -0.1) is 0 Å². The van der Waals surface area contributed by atoms with Crippen molar-refractivity contribution in [3.63, 3.8) is 0 Å². The SMILES string of the molecule is COC(=O)/C1=C(\[Te]c2ccccc2)CCCCCC1O. The Morgan fingerprint density at radius 3 is 2.70 bits per heavy atom. The summed E-state index contributed by atoms with van der Waals surface area (Å²) in [5.74, 6) is -0.351. The van der Waals surface area contributed by atoms with Crippen molar-refractivity contribution in [2.24, 2.45) is 0 Å². The zero-order valence-electron chi connectivity index (χ0n) is 11.7. The Balaban J connectivity index is 2.33. The number of rotatable bonds is 3. The second kappa shape index (κ2) is 7.83. The van der Waals surface area contributed by atoms with Crippen LogP contribution in [-0.2, 0) is 9.53 Å². The number of benzene rings is 1. The fourth-order valence-corrected chi connectivity index (χ4v) is 5.65. The Bertz CT molecular complexity index is 482. The van der Waals surface area contributed by atoms with Crippen LogP contribution < -0.4 is 3.61 Å². The molecular weight excluding hydrogens is 368 g/mol. The van der Waals surface area contributed by atoms with E-state index in [1.807, 2.05) is 18.2 Å². The molecular formula is C16H20O3Te. The van der Waals surface area contributed by atoms with Gasteiger partial charge in [-0.3, -0.25) is 0 Å². The predicted molar refractivity (Wildman–Crippen MR) is 80.0 cm³/mol. The van der Waals surface area contributed by atoms with Crippen molar-refractivity contribution in [1.29, 1.82) is 0 Å². The number of aliphatic hydroxyl groups excluding tert-OH is 1. The van der Waals surface area contributed by atoms with Crippen LogP contribution in [0, 0.1) is 0 Å². The van der Waals surface area contributed by atoms with E-state index in [9.17, 15) is 9.90 Å². The average Bonchev–Trinajstić information content (AvgIpc) is 2.45. The van der Waals surface area contributed by atoms with E-state index in [2.05, 4.69) is 12.1 Å². The van der Waals surface area contributed by atoms with Crippen LogP contribution in [0.5, 0.6) is 0 Å². The molecule has 4 heteroatoms. The van der Waals surface area contributed by atoms with Crippen molar-refractivity contribution in [1.82, 2.24) is 0 Å². The average molecular weight is 388 g/mol. The molecule has 0 aliphatic heterocycles. The van der Waals surface area contributed by atoms with E-state index in [1.54, 1.807) is 0 Å². The van der Waals surface area contributed by atoms with E-state index in [1.165, 1.54) is 10.7 Å². The van der Waals surface area contributed by atoms with Gasteiger partial charge < -0.3 is 0 Å². The van der Waals surface area contributed by atoms with Gasteiger partial charge in [0.15, 0.2) is 0 Å². The second-order valence-corrected chi connectivity index (χ2v) is 8.19. The van der Waals surface area contributed by atoms with Gasteiger partial charge in [0.05, 0.1) is 0 Å². The molecule has 2 rings (SSSR count). The molecule has 1 atom stereocenters. The Kier molecular flexibility index (Phi) is 6.09. The quantitative estimate of drug-likeness (QED) is 0.635. The monoisotopic (exact) mass is 390 g/mol. The third-order valence-corrected chi connectivity index (χ3v) is 6.77. The summed E-state index contributed by atoms with van der Waals surface area (Å²) in [4.78, 5) is 12.0. The summed E-state index contributed by atoms with van der Waals surface area (Å²) in [5, 5.41) is 10.3. The van der Waals surface area contributed by atoms with E-state index in [0.29, 0.717) is 12.0 Å². The maximum atomic E-state index is 12.0. The van der Waals surface area contributed by atoms with Crippen molar-refractivity contribution in [2.45, 2.75) is 38.2 Å². The summed E-state index contributed by atoms with van der Waals surface area (Å²) >= 11 is -0.617. The minimum absolute atomic E-state index is 0.351. The van der Waals surface area contributed by atoms with Gasteiger partial charge in [-0.25, -0.2) is 0 Å². The van der Waals surface area contributed by atoms with E-state index >= 15 is 0 Å². The summed E-state index contributed by atoms with van der Waals surface area (Å²) < 4.78 is 7.34. The van der Waals surface area contributed by atoms with Crippen molar-refractivity contribution >= 4 is 30.5 Å². The van der Waals surface area contributed by atoms with E-state index in [-0.39, 0.29) is 5.97 Å². The number of methoxy groups -OCH3 is 1. The van der Waals surface area contributed by atoms with Crippen LogP contribution in [0.4, 0.5) is 0 Å². The van der Waals surface area contributed by atoms with Gasteiger partial charge in [0.1, 0.15) is 0 Å². The first-order chi connectivity index (χ1) is 9.72. The predicted octanol–water partition coefficient (Wildman–Crippen LogP) is 1.77. The van der Waals surface area contributed by atoms with Gasteiger partial charge in [-0.05, 0) is 0 Å². The van der Waals surface area contributed by atoms with Crippen LogP contribution in [0.2, 0.25) is 0 Å². The fraction of sp³-hybridized carbons (Fsp3) is 0.438. The van der Waals surface area contributed by atoms with Gasteiger partial charge in [0.25, 0.3) is 0 Å². The third kappa shape index (κ3) is 4.09. The first-order valence-corrected chi connectivity index (χ1v) is 9.27. The van der Waals surface area contributed by atoms with E-state index in [4.69, 9.17) is 4.74 Å². The number of hydrogen-bond donors (Lipinski definition) is 1. The normalized spacial score (nSPS) is 23.8. The number of hydrogen-bond acceptors (Lipinski definition) is 3. The molecule has 1 aliphatic rings. The van der Waals surface area contributed by atoms with Crippen LogP contribution in [-0.4, -0.2) is 45.2 Å². The molecule has 3 nitrogen and oxygen atoms in total. The summed E-state index contributed by atoms with van der Waals surface area (Å²) in [7, 11) is 1.39. The Morgan fingerprint density at radius 1 is 1.25 bits per heavy atom. The van der Waals surface area contributed by atoms with Gasteiger partial charge in [0, 0.05) is 0 Å². The van der Waals surface area contributed by atoms with Crippen molar-refractivity contribution in [2.75, 3.05) is 7.11 Å². The Morgan fingerprint density at radius 2 is 2.00 bits per heavy atom. The van der Waals surface area contributed by atoms with E-state index in [0.717, 1.165) is 29.3 Å². The topological polar surface area (TPSA) is 46.5 Å². The first-order valence-electron chi connectivity index (χ1n) is 6.94. The van der Waals surface area contributed by atoms with Crippen LogP contribution in [0.25, 0.3) is 0 Å². The molecule has 1 N–H and O–H groups in total. The molecule has 1 aliphatic carbocycles. The summed E-state index contributed by atoms with van der Waals surface area (Å²) in [6.07, 6.45) is 4.11. The Hall–Kier alpha value is -0.820. The van der Waals surface area contributed by atoms with Crippen LogP contribution in [0.3, 0.4) is 0 Å². The number of esters is 1. The molecule has 0 radical (unpaired) electrons. The first kappa shape index (κ1) is 15.6. The zero-order valence-corrected chi connectivity index (χ0v) is 14.0. The minimum atomic E-state index is -0.661. The number of aliphatic hydroxyl groups is 1.